The molecule has 2 aromatic rings. The predicted octanol–water partition coefficient (Wildman–Crippen LogP) is 2.05. The number of aromatic amines is 1. The van der Waals surface area contributed by atoms with Gasteiger partial charge in [-0.3, -0.25) is 19.6 Å². The topological polar surface area (TPSA) is 98.3 Å². The minimum Gasteiger partial charge on any atom is -0.480 e. The smallest absolute Gasteiger partial charge is 0.317 e. The fraction of sp³-hybridized carbons (Fsp3) is 0.421. The SMILES string of the molecule is CCN(CC(=O)O)C1CC(NC(=O)c2cc(-c3ccc(C)cc3)n[nH]2)C1. The Kier molecular flexibility index (Phi) is 5.37. The largest absolute Gasteiger partial charge is 0.480 e. The Labute approximate surface area is 152 Å². The first-order chi connectivity index (χ1) is 12.5. The molecule has 1 aliphatic rings. The number of benzene rings is 1. The molecule has 0 radical (unpaired) electrons. The highest BCUT2D eigenvalue weighted by molar-refractivity contribution is 5.93. The van der Waals surface area contributed by atoms with E-state index >= 15 is 0 Å². The third kappa shape index (κ3) is 4.11. The zero-order valence-electron chi connectivity index (χ0n) is 15.0. The molecule has 3 N–H and O–H groups in total. The molecule has 0 saturated heterocycles. The van der Waals surface area contributed by atoms with Crippen molar-refractivity contribution in [2.45, 2.75) is 38.8 Å². The molecule has 1 amide bonds. The number of aromatic nitrogens is 2. The van der Waals surface area contributed by atoms with Gasteiger partial charge >= 0.3 is 5.97 Å². The summed E-state index contributed by atoms with van der Waals surface area (Å²) in [4.78, 5) is 25.2. The zero-order valence-corrected chi connectivity index (χ0v) is 15.0. The number of carboxylic acid groups (broad SMARTS) is 1. The van der Waals surface area contributed by atoms with Crippen LogP contribution in [0, 0.1) is 6.92 Å². The number of nitrogens with zero attached hydrogens (tertiary/aromatic N) is 2. The molecule has 7 heteroatoms. The molecule has 0 spiro atoms. The average Bonchev–Trinajstić information content (AvgIpc) is 3.06. The summed E-state index contributed by atoms with van der Waals surface area (Å²) < 4.78 is 0. The van der Waals surface area contributed by atoms with Gasteiger partial charge < -0.3 is 10.4 Å². The Morgan fingerprint density at radius 3 is 2.62 bits per heavy atom. The van der Waals surface area contributed by atoms with Gasteiger partial charge in [-0.05, 0) is 32.4 Å². The minimum absolute atomic E-state index is 0.0439. The van der Waals surface area contributed by atoms with Gasteiger partial charge in [0.2, 0.25) is 0 Å². The van der Waals surface area contributed by atoms with E-state index < -0.39 is 5.97 Å². The molecule has 0 bridgehead atoms. The third-order valence-electron chi connectivity index (χ3n) is 4.88. The molecule has 138 valence electrons. The molecule has 0 unspecified atom stereocenters. The molecule has 1 aromatic heterocycles. The number of aliphatic carboxylic acids is 1. The number of rotatable bonds is 7. The van der Waals surface area contributed by atoms with Crippen molar-refractivity contribution in [3.05, 3.63) is 41.6 Å². The molecule has 1 heterocycles. The second-order valence-electron chi connectivity index (χ2n) is 6.79. The number of hydrogen-bond acceptors (Lipinski definition) is 4. The number of hydrogen-bond donors (Lipinski definition) is 3. The van der Waals surface area contributed by atoms with Gasteiger partial charge in [-0.25, -0.2) is 0 Å². The highest BCUT2D eigenvalue weighted by Gasteiger charge is 2.35. The van der Waals surface area contributed by atoms with E-state index in [9.17, 15) is 9.59 Å². The molecule has 1 aromatic carbocycles. The Bertz CT molecular complexity index is 778. The predicted molar refractivity (Wildman–Crippen MR) is 97.9 cm³/mol. The monoisotopic (exact) mass is 356 g/mol. The molecule has 0 atom stereocenters. The molecular weight excluding hydrogens is 332 g/mol. The summed E-state index contributed by atoms with van der Waals surface area (Å²) in [7, 11) is 0. The zero-order chi connectivity index (χ0) is 18.7. The minimum atomic E-state index is -0.819. The third-order valence-corrected chi connectivity index (χ3v) is 4.88. The Morgan fingerprint density at radius 2 is 2.00 bits per heavy atom. The van der Waals surface area contributed by atoms with Crippen LogP contribution in [-0.4, -0.2) is 57.3 Å². The van der Waals surface area contributed by atoms with E-state index in [1.54, 1.807) is 6.07 Å². The Hall–Kier alpha value is -2.67. The van der Waals surface area contributed by atoms with E-state index in [1.165, 1.54) is 5.56 Å². The molecule has 1 fully saturated rings. The maximum Gasteiger partial charge on any atom is 0.317 e. The number of aryl methyl sites for hydroxylation is 1. The summed E-state index contributed by atoms with van der Waals surface area (Å²) in [6.07, 6.45) is 1.54. The van der Waals surface area contributed by atoms with Crippen molar-refractivity contribution < 1.29 is 14.7 Å². The van der Waals surface area contributed by atoms with Crippen molar-refractivity contribution in [3.8, 4) is 11.3 Å². The van der Waals surface area contributed by atoms with E-state index in [0.717, 1.165) is 24.1 Å². The van der Waals surface area contributed by atoms with Crippen molar-refractivity contribution in [1.82, 2.24) is 20.4 Å². The van der Waals surface area contributed by atoms with Crippen LogP contribution in [0.4, 0.5) is 0 Å². The van der Waals surface area contributed by atoms with Crippen LogP contribution in [0.2, 0.25) is 0 Å². The summed E-state index contributed by atoms with van der Waals surface area (Å²) in [5, 5.41) is 18.9. The summed E-state index contributed by atoms with van der Waals surface area (Å²) >= 11 is 0. The first-order valence-electron chi connectivity index (χ1n) is 8.85. The van der Waals surface area contributed by atoms with Crippen molar-refractivity contribution >= 4 is 11.9 Å². The van der Waals surface area contributed by atoms with Gasteiger partial charge in [-0.2, -0.15) is 5.10 Å². The number of carbonyl (C=O) groups is 2. The number of H-pyrrole nitrogens is 1. The van der Waals surface area contributed by atoms with Crippen LogP contribution in [-0.2, 0) is 4.79 Å². The van der Waals surface area contributed by atoms with Crippen LogP contribution in [0.1, 0.15) is 35.8 Å². The summed E-state index contributed by atoms with van der Waals surface area (Å²) in [5.41, 5.74) is 3.30. The normalized spacial score (nSPS) is 19.2. The van der Waals surface area contributed by atoms with Crippen LogP contribution in [0.25, 0.3) is 11.3 Å². The lowest BCUT2D eigenvalue weighted by molar-refractivity contribution is -0.139. The lowest BCUT2D eigenvalue weighted by Gasteiger charge is -2.42. The van der Waals surface area contributed by atoms with Gasteiger partial charge in [0.1, 0.15) is 5.69 Å². The van der Waals surface area contributed by atoms with Crippen LogP contribution in [0.3, 0.4) is 0 Å². The summed E-state index contributed by atoms with van der Waals surface area (Å²) in [5.74, 6) is -0.999. The molecule has 3 rings (SSSR count). The standard InChI is InChI=1S/C19H24N4O3/c1-3-23(11-18(24)25)15-8-14(9-15)20-19(26)17-10-16(21-22-17)13-6-4-12(2)5-7-13/h4-7,10,14-15H,3,8-9,11H2,1-2H3,(H,20,26)(H,21,22)(H,24,25). The van der Waals surface area contributed by atoms with Crippen LogP contribution in [0.5, 0.6) is 0 Å². The van der Waals surface area contributed by atoms with Gasteiger partial charge in [-0.15, -0.1) is 0 Å². The molecule has 1 aliphatic carbocycles. The molecular formula is C19H24N4O3. The summed E-state index contributed by atoms with van der Waals surface area (Å²) in [6, 6.07) is 10.0. The molecule has 1 saturated carbocycles. The van der Waals surface area contributed by atoms with Gasteiger partial charge in [0.25, 0.3) is 5.91 Å². The number of likely N-dealkylation sites (N-methyl/N-ethyl adjacent to an activating group) is 1. The number of amides is 1. The van der Waals surface area contributed by atoms with Crippen molar-refractivity contribution in [2.75, 3.05) is 13.1 Å². The Morgan fingerprint density at radius 1 is 1.31 bits per heavy atom. The first-order valence-corrected chi connectivity index (χ1v) is 8.85. The Balaban J connectivity index is 1.54. The van der Waals surface area contributed by atoms with Crippen molar-refractivity contribution in [2.24, 2.45) is 0 Å². The van der Waals surface area contributed by atoms with Crippen molar-refractivity contribution in [1.29, 1.82) is 0 Å². The average molecular weight is 356 g/mol. The second kappa shape index (κ2) is 7.70. The maximum atomic E-state index is 12.4. The van der Waals surface area contributed by atoms with E-state index in [-0.39, 0.29) is 24.5 Å². The fourth-order valence-corrected chi connectivity index (χ4v) is 3.25. The van der Waals surface area contributed by atoms with E-state index in [0.29, 0.717) is 12.2 Å². The van der Waals surface area contributed by atoms with Crippen LogP contribution >= 0.6 is 0 Å². The highest BCUT2D eigenvalue weighted by atomic mass is 16.4. The van der Waals surface area contributed by atoms with Crippen LogP contribution in [0.15, 0.2) is 30.3 Å². The van der Waals surface area contributed by atoms with Gasteiger partial charge in [-0.1, -0.05) is 36.8 Å². The van der Waals surface area contributed by atoms with E-state index in [1.807, 2.05) is 43.0 Å². The van der Waals surface area contributed by atoms with Gasteiger partial charge in [0.05, 0.1) is 12.2 Å². The number of carboxylic acids is 1. The number of nitrogens with one attached hydrogen (secondary N) is 2. The lowest BCUT2D eigenvalue weighted by Crippen LogP contribution is -2.54. The molecule has 0 aliphatic heterocycles. The van der Waals surface area contributed by atoms with Gasteiger partial charge in [0.15, 0.2) is 0 Å². The summed E-state index contributed by atoms with van der Waals surface area (Å²) in [6.45, 7) is 4.71. The highest BCUT2D eigenvalue weighted by Crippen LogP contribution is 2.26. The van der Waals surface area contributed by atoms with Crippen LogP contribution < -0.4 is 5.32 Å². The van der Waals surface area contributed by atoms with E-state index in [4.69, 9.17) is 5.11 Å². The van der Waals surface area contributed by atoms with Gasteiger partial charge in [0, 0.05) is 17.6 Å². The quantitative estimate of drug-likeness (QED) is 0.705. The fourth-order valence-electron chi connectivity index (χ4n) is 3.25. The molecule has 7 nitrogen and oxygen atoms in total. The second-order valence-corrected chi connectivity index (χ2v) is 6.79. The lowest BCUT2D eigenvalue weighted by atomic mass is 9.85. The maximum absolute atomic E-state index is 12.4. The van der Waals surface area contributed by atoms with Crippen molar-refractivity contribution in [3.63, 3.8) is 0 Å². The van der Waals surface area contributed by atoms with E-state index in [2.05, 4.69) is 15.5 Å². The molecule has 26 heavy (non-hydrogen) atoms. The first kappa shape index (κ1) is 18.1. The number of carbonyl (C=O) groups excluding carboxylic acids is 1.